The number of aliphatic carboxylic acids is 1. The molecule has 9 nitrogen and oxygen atoms in total. The van der Waals surface area contributed by atoms with Crippen molar-refractivity contribution < 1.29 is 37.4 Å². The summed E-state index contributed by atoms with van der Waals surface area (Å²) in [6.07, 6.45) is 1.92. The second-order valence-electron chi connectivity index (χ2n) is 12.2. The van der Waals surface area contributed by atoms with E-state index < -0.39 is 12.1 Å². The summed E-state index contributed by atoms with van der Waals surface area (Å²) in [5, 5.41) is 7.12. The van der Waals surface area contributed by atoms with Crippen molar-refractivity contribution in [1.29, 1.82) is 0 Å². The van der Waals surface area contributed by atoms with Gasteiger partial charge in [-0.2, -0.15) is 13.2 Å². The summed E-state index contributed by atoms with van der Waals surface area (Å²) in [5.41, 5.74) is 2.66. The number of hydrogen-bond acceptors (Lipinski definition) is 6. The van der Waals surface area contributed by atoms with E-state index >= 15 is 0 Å². The Hall–Kier alpha value is -2.86. The monoisotopic (exact) mass is 612 g/mol. The minimum Gasteiger partial charge on any atom is -0.475 e. The predicted octanol–water partition coefficient (Wildman–Crippen LogP) is 4.95. The lowest BCUT2D eigenvalue weighted by molar-refractivity contribution is -0.192. The molecular formula is C31H47F3N4O5. The molecule has 1 aromatic rings. The number of rotatable bonds is 8. The fraction of sp³-hybridized carbons (Fsp3) is 0.710. The van der Waals surface area contributed by atoms with Crippen LogP contribution in [-0.2, 0) is 9.53 Å². The van der Waals surface area contributed by atoms with Crippen molar-refractivity contribution in [3.63, 3.8) is 0 Å². The molecule has 1 spiro atoms. The van der Waals surface area contributed by atoms with E-state index in [4.69, 9.17) is 14.6 Å². The van der Waals surface area contributed by atoms with Gasteiger partial charge in [-0.25, -0.2) is 9.59 Å². The Kier molecular flexibility index (Phi) is 11.9. The molecule has 0 aliphatic carbocycles. The molecule has 12 heteroatoms. The first-order valence-electron chi connectivity index (χ1n) is 15.2. The van der Waals surface area contributed by atoms with Crippen LogP contribution in [-0.4, -0.2) is 120 Å². The van der Waals surface area contributed by atoms with Crippen molar-refractivity contribution in [3.8, 4) is 0 Å². The van der Waals surface area contributed by atoms with Crippen LogP contribution < -0.4 is 0 Å². The fourth-order valence-corrected chi connectivity index (χ4v) is 6.53. The topological polar surface area (TPSA) is 93.6 Å². The number of unbranched alkanes of at least 4 members (excludes halogenated alkanes) is 1. The Morgan fingerprint density at radius 2 is 1.63 bits per heavy atom. The number of hydrogen-bond donors (Lipinski definition) is 1. The Morgan fingerprint density at radius 1 is 1.07 bits per heavy atom. The van der Waals surface area contributed by atoms with E-state index in [0.717, 1.165) is 101 Å². The minimum atomic E-state index is -5.08. The number of halogens is 3. The van der Waals surface area contributed by atoms with E-state index in [9.17, 15) is 22.8 Å². The van der Waals surface area contributed by atoms with Crippen LogP contribution in [0.4, 0.5) is 18.0 Å². The Morgan fingerprint density at radius 3 is 2.12 bits per heavy atom. The number of likely N-dealkylation sites (tertiary alicyclic amines) is 2. The number of benzene rings is 1. The number of carbonyl (C=O) groups excluding carboxylic acids is 2. The average molecular weight is 613 g/mol. The molecule has 3 fully saturated rings. The number of carboxylic acids is 1. The van der Waals surface area contributed by atoms with Gasteiger partial charge in [0.1, 0.15) is 5.60 Å². The minimum absolute atomic E-state index is 0.121. The Labute approximate surface area is 252 Å². The number of ether oxygens (including phenoxy) is 1. The van der Waals surface area contributed by atoms with E-state index in [-0.39, 0.29) is 23.6 Å². The highest BCUT2D eigenvalue weighted by atomic mass is 19.4. The first kappa shape index (κ1) is 34.6. The highest BCUT2D eigenvalue weighted by molar-refractivity contribution is 5.97. The van der Waals surface area contributed by atoms with Gasteiger partial charge < -0.3 is 19.6 Å². The van der Waals surface area contributed by atoms with E-state index in [1.165, 1.54) is 0 Å². The fourth-order valence-electron chi connectivity index (χ4n) is 6.53. The van der Waals surface area contributed by atoms with Crippen LogP contribution in [0.3, 0.4) is 0 Å². The molecule has 1 aromatic carbocycles. The van der Waals surface area contributed by atoms with Crippen molar-refractivity contribution in [3.05, 3.63) is 34.9 Å². The molecule has 0 saturated carbocycles. The van der Waals surface area contributed by atoms with Gasteiger partial charge in [-0.1, -0.05) is 38.0 Å². The van der Waals surface area contributed by atoms with Gasteiger partial charge in [0.15, 0.2) is 0 Å². The first-order chi connectivity index (χ1) is 20.2. The number of carboxylic acid groups (broad SMARTS) is 1. The zero-order valence-corrected chi connectivity index (χ0v) is 26.1. The molecule has 0 bridgehead atoms. The van der Waals surface area contributed by atoms with Gasteiger partial charge in [-0.15, -0.1) is 0 Å². The highest BCUT2D eigenvalue weighted by Gasteiger charge is 2.54. The summed E-state index contributed by atoms with van der Waals surface area (Å²) < 4.78 is 37.9. The van der Waals surface area contributed by atoms with E-state index in [0.29, 0.717) is 6.04 Å². The van der Waals surface area contributed by atoms with Gasteiger partial charge in [0.05, 0.1) is 6.04 Å². The maximum absolute atomic E-state index is 13.2. The first-order valence-corrected chi connectivity index (χ1v) is 15.2. The average Bonchev–Trinajstić information content (AvgIpc) is 3.19. The smallest absolute Gasteiger partial charge is 0.475 e. The lowest BCUT2D eigenvalue weighted by Gasteiger charge is -2.46. The number of alkyl halides is 3. The number of carbonyl (C=O) groups is 3. The Balaban J connectivity index is 0.000000646. The summed E-state index contributed by atoms with van der Waals surface area (Å²) in [6.45, 7) is 11.4. The standard InChI is InChI=1S/C29H46N4O3.C2HF3O2/c1-6-7-11-25-29(36-28(35)33(25)21-20-30(4)5)14-18-31(19-15-29)24-12-16-32(17-13-24)27(34)26-22(2)9-8-10-23(26)3;3-2(4,5)1(6)7/h8-10,24-25H,6-7,11-21H2,1-5H3;(H,6,7). The van der Waals surface area contributed by atoms with Gasteiger partial charge in [0.2, 0.25) is 0 Å². The van der Waals surface area contributed by atoms with E-state index in [1.54, 1.807) is 0 Å². The molecule has 3 saturated heterocycles. The number of aryl methyl sites for hydroxylation is 2. The number of likely N-dealkylation sites (N-methyl/N-ethyl adjacent to an activating group) is 1. The van der Waals surface area contributed by atoms with Crippen LogP contribution in [0.15, 0.2) is 18.2 Å². The molecule has 242 valence electrons. The van der Waals surface area contributed by atoms with Crippen LogP contribution in [0.2, 0.25) is 0 Å². The normalized spacial score (nSPS) is 21.1. The SMILES string of the molecule is CCCCC1N(CCN(C)C)C(=O)OC12CCN(C1CCN(C(=O)c3c(C)cccc3C)CC1)CC2.O=C(O)C(F)(F)F. The summed E-state index contributed by atoms with van der Waals surface area (Å²) in [5.74, 6) is -2.58. The lowest BCUT2D eigenvalue weighted by Crippen LogP contribution is -2.56. The summed E-state index contributed by atoms with van der Waals surface area (Å²) >= 11 is 0. The molecular weight excluding hydrogens is 565 g/mol. The number of nitrogens with zero attached hydrogens (tertiary/aromatic N) is 4. The molecule has 1 atom stereocenters. The van der Waals surface area contributed by atoms with Crippen molar-refractivity contribution in [1.82, 2.24) is 19.6 Å². The number of amides is 2. The second-order valence-corrected chi connectivity index (χ2v) is 12.2. The van der Waals surface area contributed by atoms with Gasteiger partial charge in [0.25, 0.3) is 5.91 Å². The molecule has 1 unspecified atom stereocenters. The van der Waals surface area contributed by atoms with Crippen LogP contribution in [0.1, 0.15) is 73.4 Å². The summed E-state index contributed by atoms with van der Waals surface area (Å²) in [7, 11) is 4.11. The van der Waals surface area contributed by atoms with Crippen molar-refractivity contribution in [2.75, 3.05) is 53.4 Å². The molecule has 0 aromatic heterocycles. The molecule has 1 N–H and O–H groups in total. The molecule has 3 aliphatic heterocycles. The van der Waals surface area contributed by atoms with Crippen molar-refractivity contribution in [2.45, 2.75) is 89.6 Å². The highest BCUT2D eigenvalue weighted by Crippen LogP contribution is 2.41. The zero-order valence-electron chi connectivity index (χ0n) is 26.1. The van der Waals surface area contributed by atoms with E-state index in [2.05, 4.69) is 30.8 Å². The largest absolute Gasteiger partial charge is 0.490 e. The maximum Gasteiger partial charge on any atom is 0.490 e. The molecule has 3 heterocycles. The molecule has 2 amide bonds. The van der Waals surface area contributed by atoms with Crippen LogP contribution in [0, 0.1) is 13.8 Å². The molecule has 43 heavy (non-hydrogen) atoms. The molecule has 3 aliphatic rings. The third kappa shape index (κ3) is 8.62. The second kappa shape index (κ2) is 14.7. The van der Waals surface area contributed by atoms with Gasteiger partial charge in [-0.3, -0.25) is 14.6 Å². The maximum atomic E-state index is 13.2. The van der Waals surface area contributed by atoms with Gasteiger partial charge in [-0.05, 0) is 58.3 Å². The predicted molar refractivity (Wildman–Crippen MR) is 157 cm³/mol. The lowest BCUT2D eigenvalue weighted by atomic mass is 9.81. The quantitative estimate of drug-likeness (QED) is 0.444. The third-order valence-electron chi connectivity index (χ3n) is 8.98. The van der Waals surface area contributed by atoms with Gasteiger partial charge in [0, 0.05) is 63.7 Å². The van der Waals surface area contributed by atoms with E-state index in [1.807, 2.05) is 41.8 Å². The summed E-state index contributed by atoms with van der Waals surface area (Å²) in [6, 6.07) is 6.76. The van der Waals surface area contributed by atoms with Crippen LogP contribution in [0.25, 0.3) is 0 Å². The third-order valence-corrected chi connectivity index (χ3v) is 8.98. The summed E-state index contributed by atoms with van der Waals surface area (Å²) in [4.78, 5) is 43.8. The zero-order chi connectivity index (χ0) is 31.9. The molecule has 0 radical (unpaired) electrons. The molecule has 4 rings (SSSR count). The Bertz CT molecular complexity index is 1090. The van der Waals surface area contributed by atoms with Crippen LogP contribution in [0.5, 0.6) is 0 Å². The van der Waals surface area contributed by atoms with Gasteiger partial charge >= 0.3 is 18.2 Å². The van der Waals surface area contributed by atoms with Crippen molar-refractivity contribution >= 4 is 18.0 Å². The van der Waals surface area contributed by atoms with Crippen LogP contribution >= 0.6 is 0 Å². The number of piperidine rings is 2. The van der Waals surface area contributed by atoms with Crippen molar-refractivity contribution in [2.24, 2.45) is 0 Å².